The lowest BCUT2D eigenvalue weighted by molar-refractivity contribution is -0.117. The van der Waals surface area contributed by atoms with E-state index in [1.807, 2.05) is 6.92 Å². The van der Waals surface area contributed by atoms with Crippen molar-refractivity contribution in [3.63, 3.8) is 0 Å². The summed E-state index contributed by atoms with van der Waals surface area (Å²) in [6, 6.07) is 1.72. The van der Waals surface area contributed by atoms with E-state index in [9.17, 15) is 9.59 Å². The van der Waals surface area contributed by atoms with E-state index in [1.54, 1.807) is 13.1 Å². The van der Waals surface area contributed by atoms with Crippen LogP contribution in [0.15, 0.2) is 12.3 Å². The summed E-state index contributed by atoms with van der Waals surface area (Å²) in [5.74, 6) is -0.972. The van der Waals surface area contributed by atoms with Crippen molar-refractivity contribution in [1.82, 2.24) is 24.8 Å². The fraction of sp³-hybridized carbons (Fsp3) is 0.300. The number of amides is 1. The van der Waals surface area contributed by atoms with Gasteiger partial charge in [0.2, 0.25) is 5.91 Å². The van der Waals surface area contributed by atoms with Gasteiger partial charge in [-0.25, -0.2) is 9.48 Å². The Kier molecular flexibility index (Phi) is 3.27. The minimum Gasteiger partial charge on any atom is -0.476 e. The van der Waals surface area contributed by atoms with Crippen molar-refractivity contribution >= 4 is 17.7 Å². The molecule has 9 nitrogen and oxygen atoms in total. The molecule has 2 heterocycles. The van der Waals surface area contributed by atoms with Crippen LogP contribution >= 0.6 is 0 Å². The molecule has 2 N–H and O–H groups in total. The Labute approximate surface area is 107 Å². The predicted octanol–water partition coefficient (Wildman–Crippen LogP) is -0.343. The highest BCUT2D eigenvalue weighted by Gasteiger charge is 2.12. The van der Waals surface area contributed by atoms with Crippen LogP contribution in [0.4, 0.5) is 5.82 Å². The maximum Gasteiger partial charge on any atom is 0.358 e. The van der Waals surface area contributed by atoms with E-state index in [4.69, 9.17) is 5.11 Å². The number of carbonyl (C=O) groups excluding carboxylic acids is 1. The first-order valence-corrected chi connectivity index (χ1v) is 5.39. The zero-order valence-electron chi connectivity index (χ0n) is 10.4. The van der Waals surface area contributed by atoms with E-state index >= 15 is 0 Å². The van der Waals surface area contributed by atoms with Crippen molar-refractivity contribution in [2.75, 3.05) is 5.32 Å². The number of carboxylic acid groups (broad SMARTS) is 1. The van der Waals surface area contributed by atoms with E-state index in [1.165, 1.54) is 10.9 Å². The summed E-state index contributed by atoms with van der Waals surface area (Å²) in [5.41, 5.74) is 0.580. The van der Waals surface area contributed by atoms with Crippen molar-refractivity contribution < 1.29 is 14.7 Å². The monoisotopic (exact) mass is 264 g/mol. The number of carboxylic acids is 1. The lowest BCUT2D eigenvalue weighted by atomic mass is 10.4. The van der Waals surface area contributed by atoms with E-state index in [0.29, 0.717) is 5.82 Å². The van der Waals surface area contributed by atoms with Crippen LogP contribution in [0.25, 0.3) is 0 Å². The number of aromatic carboxylic acids is 1. The molecule has 0 saturated heterocycles. The number of rotatable bonds is 4. The first-order chi connectivity index (χ1) is 8.95. The van der Waals surface area contributed by atoms with Crippen molar-refractivity contribution in [3.8, 4) is 0 Å². The Morgan fingerprint density at radius 2 is 2.21 bits per heavy atom. The Bertz CT molecular complexity index is 629. The highest BCUT2D eigenvalue weighted by molar-refractivity contribution is 5.90. The normalized spacial score (nSPS) is 10.4. The Morgan fingerprint density at radius 1 is 1.47 bits per heavy atom. The van der Waals surface area contributed by atoms with Gasteiger partial charge in [-0.05, 0) is 6.92 Å². The SMILES string of the molecule is Cc1cc(NC(=O)Cn2cc(C(=O)O)nn2)n(C)n1. The van der Waals surface area contributed by atoms with Gasteiger partial charge < -0.3 is 10.4 Å². The highest BCUT2D eigenvalue weighted by atomic mass is 16.4. The molecule has 0 radical (unpaired) electrons. The molecule has 2 aromatic rings. The Hall–Kier alpha value is -2.71. The van der Waals surface area contributed by atoms with Crippen molar-refractivity contribution in [2.45, 2.75) is 13.5 Å². The molecule has 2 aromatic heterocycles. The summed E-state index contributed by atoms with van der Waals surface area (Å²) in [5, 5.41) is 22.4. The first-order valence-electron chi connectivity index (χ1n) is 5.39. The van der Waals surface area contributed by atoms with Crippen LogP contribution in [0.5, 0.6) is 0 Å². The van der Waals surface area contributed by atoms with Crippen molar-refractivity contribution in [3.05, 3.63) is 23.7 Å². The molecule has 100 valence electrons. The third kappa shape index (κ3) is 2.94. The number of carbonyl (C=O) groups is 2. The summed E-state index contributed by atoms with van der Waals surface area (Å²) in [6.45, 7) is 1.69. The molecule has 19 heavy (non-hydrogen) atoms. The molecule has 0 fully saturated rings. The van der Waals surface area contributed by atoms with Gasteiger partial charge in [-0.15, -0.1) is 5.10 Å². The van der Waals surface area contributed by atoms with Crippen LogP contribution in [-0.4, -0.2) is 41.8 Å². The van der Waals surface area contributed by atoms with Crippen LogP contribution in [0.3, 0.4) is 0 Å². The topological polar surface area (TPSA) is 115 Å². The average Bonchev–Trinajstić information content (AvgIpc) is 2.87. The van der Waals surface area contributed by atoms with Crippen LogP contribution in [0, 0.1) is 6.92 Å². The van der Waals surface area contributed by atoms with Crippen LogP contribution in [-0.2, 0) is 18.4 Å². The molecule has 0 bridgehead atoms. The summed E-state index contributed by atoms with van der Waals surface area (Å²) in [4.78, 5) is 22.3. The second-order valence-electron chi connectivity index (χ2n) is 3.95. The van der Waals surface area contributed by atoms with Gasteiger partial charge in [-0.2, -0.15) is 5.10 Å². The van der Waals surface area contributed by atoms with Gasteiger partial charge in [0.15, 0.2) is 5.69 Å². The molecule has 0 unspecified atom stereocenters. The number of anilines is 1. The third-order valence-corrected chi connectivity index (χ3v) is 2.33. The summed E-state index contributed by atoms with van der Waals surface area (Å²) < 4.78 is 2.69. The van der Waals surface area contributed by atoms with E-state index in [-0.39, 0.29) is 18.1 Å². The molecule has 0 aliphatic rings. The fourth-order valence-electron chi connectivity index (χ4n) is 1.53. The standard InChI is InChI=1S/C10H12N6O3/c1-6-3-8(15(2)13-6)11-9(17)5-16-4-7(10(18)19)12-14-16/h3-4H,5H2,1-2H3,(H,11,17)(H,18,19). The average molecular weight is 264 g/mol. The zero-order chi connectivity index (χ0) is 14.0. The van der Waals surface area contributed by atoms with E-state index in [2.05, 4.69) is 20.7 Å². The van der Waals surface area contributed by atoms with Crippen LogP contribution in [0.1, 0.15) is 16.2 Å². The summed E-state index contributed by atoms with van der Waals surface area (Å²) in [6.07, 6.45) is 1.19. The van der Waals surface area contributed by atoms with Gasteiger partial charge in [-0.1, -0.05) is 5.21 Å². The molecule has 9 heteroatoms. The third-order valence-electron chi connectivity index (χ3n) is 2.33. The predicted molar refractivity (Wildman–Crippen MR) is 63.6 cm³/mol. The molecular weight excluding hydrogens is 252 g/mol. The van der Waals surface area contributed by atoms with Gasteiger partial charge in [-0.3, -0.25) is 9.48 Å². The van der Waals surface area contributed by atoms with Crippen molar-refractivity contribution in [2.24, 2.45) is 7.05 Å². The maximum absolute atomic E-state index is 11.7. The number of aryl methyl sites for hydroxylation is 2. The van der Waals surface area contributed by atoms with Gasteiger partial charge >= 0.3 is 5.97 Å². The number of aromatic nitrogens is 5. The first kappa shape index (κ1) is 12.7. The highest BCUT2D eigenvalue weighted by Crippen LogP contribution is 2.07. The molecule has 0 aliphatic heterocycles. The van der Waals surface area contributed by atoms with Gasteiger partial charge in [0.05, 0.1) is 11.9 Å². The van der Waals surface area contributed by atoms with Crippen molar-refractivity contribution in [1.29, 1.82) is 0 Å². The number of hydrogen-bond donors (Lipinski definition) is 2. The van der Waals surface area contributed by atoms with Gasteiger partial charge in [0.1, 0.15) is 12.4 Å². The molecule has 0 aromatic carbocycles. The smallest absolute Gasteiger partial charge is 0.358 e. The zero-order valence-corrected chi connectivity index (χ0v) is 10.4. The summed E-state index contributed by atoms with van der Waals surface area (Å²) >= 11 is 0. The summed E-state index contributed by atoms with van der Waals surface area (Å²) in [7, 11) is 1.71. The molecular formula is C10H12N6O3. The second kappa shape index (κ2) is 4.88. The van der Waals surface area contributed by atoms with Gasteiger partial charge in [0, 0.05) is 13.1 Å². The molecule has 0 atom stereocenters. The molecule has 0 spiro atoms. The Morgan fingerprint density at radius 3 is 2.74 bits per heavy atom. The van der Waals surface area contributed by atoms with Crippen LogP contribution in [0.2, 0.25) is 0 Å². The number of hydrogen-bond acceptors (Lipinski definition) is 5. The molecule has 0 aliphatic carbocycles. The minimum atomic E-state index is -1.19. The van der Waals surface area contributed by atoms with E-state index in [0.717, 1.165) is 10.4 Å². The maximum atomic E-state index is 11.7. The van der Waals surface area contributed by atoms with Crippen LogP contribution < -0.4 is 5.32 Å². The quantitative estimate of drug-likeness (QED) is 0.780. The lowest BCUT2D eigenvalue weighted by Gasteiger charge is -2.04. The number of nitrogens with zero attached hydrogens (tertiary/aromatic N) is 5. The minimum absolute atomic E-state index is 0.121. The Balaban J connectivity index is 2.01. The molecule has 2 rings (SSSR count). The largest absolute Gasteiger partial charge is 0.476 e. The number of nitrogens with one attached hydrogen (secondary N) is 1. The lowest BCUT2D eigenvalue weighted by Crippen LogP contribution is -2.20. The molecule has 1 amide bonds. The van der Waals surface area contributed by atoms with E-state index < -0.39 is 5.97 Å². The molecule has 0 saturated carbocycles. The second-order valence-corrected chi connectivity index (χ2v) is 3.95. The van der Waals surface area contributed by atoms with Gasteiger partial charge in [0.25, 0.3) is 0 Å². The fourth-order valence-corrected chi connectivity index (χ4v) is 1.53.